The van der Waals surface area contributed by atoms with E-state index in [9.17, 15) is 18.4 Å². The summed E-state index contributed by atoms with van der Waals surface area (Å²) in [7, 11) is 0. The van der Waals surface area contributed by atoms with Gasteiger partial charge in [0.25, 0.3) is 12.3 Å². The summed E-state index contributed by atoms with van der Waals surface area (Å²) in [5.74, 6) is 0.0202. The Bertz CT molecular complexity index is 1140. The van der Waals surface area contributed by atoms with Crippen LogP contribution in [0.3, 0.4) is 0 Å². The molecule has 4 rings (SSSR count). The number of aromatic nitrogens is 6. The average molecular weight is 391 g/mol. The van der Waals surface area contributed by atoms with Gasteiger partial charge in [-0.3, -0.25) is 9.36 Å². The molecule has 1 amide bonds. The van der Waals surface area contributed by atoms with Crippen LogP contribution in [0, 0.1) is 20.8 Å². The second-order valence-corrected chi connectivity index (χ2v) is 6.89. The summed E-state index contributed by atoms with van der Waals surface area (Å²) in [6, 6.07) is 1.88. The molecule has 3 aromatic heterocycles. The van der Waals surface area contributed by atoms with Crippen molar-refractivity contribution in [2.24, 2.45) is 0 Å². The van der Waals surface area contributed by atoms with E-state index in [1.165, 1.54) is 9.47 Å². The highest BCUT2D eigenvalue weighted by Crippen LogP contribution is 2.20. The van der Waals surface area contributed by atoms with E-state index in [4.69, 9.17) is 0 Å². The molecule has 0 aromatic carbocycles. The lowest BCUT2D eigenvalue weighted by Gasteiger charge is -2.26. The number of nitrogens with zero attached hydrogens (tertiary/aromatic N) is 7. The van der Waals surface area contributed by atoms with Gasteiger partial charge in [-0.25, -0.2) is 27.8 Å². The van der Waals surface area contributed by atoms with Crippen LogP contribution in [0.15, 0.2) is 10.9 Å². The van der Waals surface area contributed by atoms with Gasteiger partial charge in [-0.05, 0) is 26.8 Å². The monoisotopic (exact) mass is 391 g/mol. The van der Waals surface area contributed by atoms with Crippen molar-refractivity contribution in [3.8, 4) is 0 Å². The van der Waals surface area contributed by atoms with Gasteiger partial charge < -0.3 is 4.90 Å². The van der Waals surface area contributed by atoms with Gasteiger partial charge >= 0.3 is 5.69 Å². The molecular weight excluding hydrogens is 372 g/mol. The van der Waals surface area contributed by atoms with Crippen LogP contribution >= 0.6 is 0 Å². The van der Waals surface area contributed by atoms with Gasteiger partial charge in [0.05, 0.1) is 12.2 Å². The quantitative estimate of drug-likeness (QED) is 0.663. The van der Waals surface area contributed by atoms with E-state index >= 15 is 0 Å². The van der Waals surface area contributed by atoms with Crippen LogP contribution in [0.5, 0.6) is 0 Å². The number of hydrogen-bond acceptors (Lipinski definition) is 5. The highest BCUT2D eigenvalue weighted by molar-refractivity contribution is 6.01. The number of hydrogen-bond donors (Lipinski definition) is 0. The number of amides is 1. The van der Waals surface area contributed by atoms with Crippen LogP contribution in [0.2, 0.25) is 0 Å². The normalized spacial score (nSPS) is 14.1. The Morgan fingerprint density at radius 3 is 2.68 bits per heavy atom. The fourth-order valence-electron chi connectivity index (χ4n) is 3.56. The van der Waals surface area contributed by atoms with Crippen molar-refractivity contribution >= 4 is 11.6 Å². The summed E-state index contributed by atoms with van der Waals surface area (Å²) in [5, 5.41) is 8.39. The number of carbonyl (C=O) groups is 1. The fourth-order valence-corrected chi connectivity index (χ4v) is 3.56. The van der Waals surface area contributed by atoms with Crippen LogP contribution < -0.4 is 5.69 Å². The van der Waals surface area contributed by atoms with Crippen molar-refractivity contribution in [3.05, 3.63) is 45.0 Å². The number of halogens is 2. The molecule has 0 fully saturated rings. The Hall–Kier alpha value is -3.11. The van der Waals surface area contributed by atoms with Crippen LogP contribution in [0.4, 0.5) is 8.78 Å². The summed E-state index contributed by atoms with van der Waals surface area (Å²) in [5.41, 5.74) is 2.49. The van der Waals surface area contributed by atoms with Gasteiger partial charge in [0.15, 0.2) is 11.5 Å². The van der Waals surface area contributed by atoms with E-state index in [0.29, 0.717) is 22.7 Å². The third-order valence-electron chi connectivity index (χ3n) is 4.81. The Labute approximate surface area is 158 Å². The van der Waals surface area contributed by atoms with E-state index in [0.717, 1.165) is 16.1 Å². The van der Waals surface area contributed by atoms with Crippen molar-refractivity contribution in [2.75, 3.05) is 6.54 Å². The molecular formula is C17H19F2N7O2. The lowest BCUT2D eigenvalue weighted by Crippen LogP contribution is -2.41. The summed E-state index contributed by atoms with van der Waals surface area (Å²) in [6.07, 6.45) is -2.67. The molecule has 0 radical (unpaired) electrons. The first kappa shape index (κ1) is 18.3. The first-order valence-corrected chi connectivity index (χ1v) is 8.83. The number of rotatable bonds is 3. The first-order valence-electron chi connectivity index (χ1n) is 8.83. The highest BCUT2D eigenvalue weighted by atomic mass is 19.3. The molecule has 11 heteroatoms. The third-order valence-corrected chi connectivity index (χ3v) is 4.81. The SMILES string of the molecule is Cc1cc(C)n2nc(C)c(C(=O)N3CCn4c(nn(CC(F)F)c4=O)C3)c2n1. The molecule has 1 aliphatic rings. The third kappa shape index (κ3) is 2.86. The summed E-state index contributed by atoms with van der Waals surface area (Å²) in [4.78, 5) is 31.4. The van der Waals surface area contributed by atoms with Gasteiger partial charge in [0.1, 0.15) is 12.1 Å². The second-order valence-electron chi connectivity index (χ2n) is 6.89. The first-order chi connectivity index (χ1) is 13.3. The molecule has 0 N–H and O–H groups in total. The maximum Gasteiger partial charge on any atom is 0.346 e. The van der Waals surface area contributed by atoms with Crippen LogP contribution in [-0.2, 0) is 19.6 Å². The summed E-state index contributed by atoms with van der Waals surface area (Å²) < 4.78 is 29.0. The minimum Gasteiger partial charge on any atom is -0.329 e. The zero-order valence-corrected chi connectivity index (χ0v) is 15.7. The van der Waals surface area contributed by atoms with Crippen molar-refractivity contribution in [3.63, 3.8) is 0 Å². The molecule has 0 saturated heterocycles. The van der Waals surface area contributed by atoms with E-state index in [-0.39, 0.29) is 25.5 Å². The van der Waals surface area contributed by atoms with Gasteiger partial charge in [0.2, 0.25) is 0 Å². The Kier molecular flexibility index (Phi) is 4.24. The zero-order valence-electron chi connectivity index (χ0n) is 15.7. The molecule has 0 unspecified atom stereocenters. The van der Waals surface area contributed by atoms with Gasteiger partial charge in [0, 0.05) is 24.5 Å². The molecule has 0 saturated carbocycles. The molecule has 0 bridgehead atoms. The van der Waals surface area contributed by atoms with E-state index in [1.807, 2.05) is 19.9 Å². The molecule has 1 aliphatic heterocycles. The molecule has 3 aromatic rings. The molecule has 9 nitrogen and oxygen atoms in total. The van der Waals surface area contributed by atoms with Crippen molar-refractivity contribution in [1.82, 2.24) is 33.8 Å². The lowest BCUT2D eigenvalue weighted by molar-refractivity contribution is 0.0707. The van der Waals surface area contributed by atoms with Gasteiger partial charge in [-0.2, -0.15) is 10.2 Å². The molecule has 148 valence electrons. The van der Waals surface area contributed by atoms with Crippen LogP contribution in [0.1, 0.15) is 33.3 Å². The minimum atomic E-state index is -2.67. The standard InChI is InChI=1S/C17H19F2N7O2/c1-9-6-10(2)26-15(20-9)14(11(3)21-26)16(27)23-4-5-24-13(8-23)22-25(17(24)28)7-12(18)19/h6,12H,4-5,7-8H2,1-3H3. The second kappa shape index (κ2) is 6.50. The maximum absolute atomic E-state index is 13.2. The topological polar surface area (TPSA) is 90.3 Å². The Morgan fingerprint density at radius 2 is 1.96 bits per heavy atom. The van der Waals surface area contributed by atoms with Gasteiger partial charge in [-0.1, -0.05) is 0 Å². The van der Waals surface area contributed by atoms with Crippen LogP contribution in [0.25, 0.3) is 5.65 Å². The smallest absolute Gasteiger partial charge is 0.329 e. The zero-order chi connectivity index (χ0) is 20.2. The maximum atomic E-state index is 13.2. The number of carbonyl (C=O) groups excluding carboxylic acids is 1. The lowest BCUT2D eigenvalue weighted by atomic mass is 10.2. The van der Waals surface area contributed by atoms with E-state index in [2.05, 4.69) is 15.2 Å². The Balaban J connectivity index is 1.69. The summed E-state index contributed by atoms with van der Waals surface area (Å²) in [6.45, 7) is 5.25. The van der Waals surface area contributed by atoms with E-state index in [1.54, 1.807) is 11.4 Å². The molecule has 0 spiro atoms. The van der Waals surface area contributed by atoms with Gasteiger partial charge in [-0.15, -0.1) is 0 Å². The molecule has 4 heterocycles. The van der Waals surface area contributed by atoms with Crippen LogP contribution in [-0.4, -0.2) is 52.7 Å². The molecule has 0 aliphatic carbocycles. The number of fused-ring (bicyclic) bond motifs is 2. The largest absolute Gasteiger partial charge is 0.346 e. The highest BCUT2D eigenvalue weighted by Gasteiger charge is 2.30. The number of aryl methyl sites for hydroxylation is 3. The predicted molar refractivity (Wildman–Crippen MR) is 94.4 cm³/mol. The Morgan fingerprint density at radius 1 is 1.21 bits per heavy atom. The fraction of sp³-hybridized carbons (Fsp3) is 0.471. The molecule has 0 atom stereocenters. The minimum absolute atomic E-state index is 0.0614. The molecule has 28 heavy (non-hydrogen) atoms. The van der Waals surface area contributed by atoms with Crippen molar-refractivity contribution < 1.29 is 13.6 Å². The van der Waals surface area contributed by atoms with E-state index < -0.39 is 18.7 Å². The van der Waals surface area contributed by atoms with Crippen molar-refractivity contribution in [2.45, 2.75) is 46.8 Å². The number of alkyl halides is 2. The average Bonchev–Trinajstić information content (AvgIpc) is 3.10. The predicted octanol–water partition coefficient (Wildman–Crippen LogP) is 0.934. The summed E-state index contributed by atoms with van der Waals surface area (Å²) >= 11 is 0. The van der Waals surface area contributed by atoms with Crippen molar-refractivity contribution in [1.29, 1.82) is 0 Å².